The van der Waals surface area contributed by atoms with Crippen molar-refractivity contribution in [3.8, 4) is 0 Å². The average molecular weight is 393 g/mol. The number of fused-ring (bicyclic) bond motifs is 1. The molecule has 1 aromatic heterocycles. The van der Waals surface area contributed by atoms with Crippen molar-refractivity contribution < 1.29 is 9.53 Å². The van der Waals surface area contributed by atoms with E-state index in [0.717, 1.165) is 37.3 Å². The number of rotatable bonds is 6. The standard InChI is InChI=1S/C23H24N2O2S/c26-23(11-10-19-7-3-6-18-5-1-2-8-20(18)19)24-17-21(22-9-4-16-28-22)25-12-14-27-15-13-25/h1-11,16,21H,12-15,17H2,(H,24,26)/b11-10+/t21-/m1/s1. The lowest BCUT2D eigenvalue weighted by Gasteiger charge is -2.34. The average Bonchev–Trinajstić information content (AvgIpc) is 3.28. The summed E-state index contributed by atoms with van der Waals surface area (Å²) >= 11 is 1.74. The van der Waals surface area contributed by atoms with Gasteiger partial charge in [-0.15, -0.1) is 11.3 Å². The molecule has 1 aliphatic rings. The van der Waals surface area contributed by atoms with Gasteiger partial charge in [-0.05, 0) is 33.9 Å². The Balaban J connectivity index is 1.42. The summed E-state index contributed by atoms with van der Waals surface area (Å²) in [6.45, 7) is 3.88. The van der Waals surface area contributed by atoms with E-state index in [0.29, 0.717) is 6.54 Å². The molecule has 1 fully saturated rings. The predicted molar refractivity (Wildman–Crippen MR) is 115 cm³/mol. The highest BCUT2D eigenvalue weighted by Gasteiger charge is 2.23. The summed E-state index contributed by atoms with van der Waals surface area (Å²) in [4.78, 5) is 16.1. The number of hydrogen-bond donors (Lipinski definition) is 1. The second-order valence-electron chi connectivity index (χ2n) is 6.83. The van der Waals surface area contributed by atoms with Gasteiger partial charge in [-0.1, -0.05) is 48.5 Å². The molecule has 4 nitrogen and oxygen atoms in total. The van der Waals surface area contributed by atoms with Crippen molar-refractivity contribution >= 4 is 34.1 Å². The molecule has 3 aromatic rings. The number of carbonyl (C=O) groups is 1. The number of nitrogens with zero attached hydrogens (tertiary/aromatic N) is 1. The Labute approximate surface area is 169 Å². The molecule has 1 N–H and O–H groups in total. The lowest BCUT2D eigenvalue weighted by molar-refractivity contribution is -0.116. The number of carbonyl (C=O) groups excluding carboxylic acids is 1. The maximum Gasteiger partial charge on any atom is 0.244 e. The molecule has 0 radical (unpaired) electrons. The van der Waals surface area contributed by atoms with E-state index in [2.05, 4.69) is 45.9 Å². The largest absolute Gasteiger partial charge is 0.379 e. The summed E-state index contributed by atoms with van der Waals surface area (Å²) in [5, 5.41) is 7.50. The SMILES string of the molecule is O=C(/C=C/c1cccc2ccccc12)NC[C@H](c1cccs1)N1CCOCC1. The highest BCUT2D eigenvalue weighted by molar-refractivity contribution is 7.10. The molecule has 2 heterocycles. The predicted octanol–water partition coefficient (Wildman–Crippen LogP) is 4.10. The molecule has 0 saturated carbocycles. The second kappa shape index (κ2) is 9.15. The highest BCUT2D eigenvalue weighted by Crippen LogP contribution is 2.25. The van der Waals surface area contributed by atoms with E-state index >= 15 is 0 Å². The second-order valence-corrected chi connectivity index (χ2v) is 7.81. The zero-order valence-electron chi connectivity index (χ0n) is 15.7. The van der Waals surface area contributed by atoms with Gasteiger partial charge in [-0.25, -0.2) is 0 Å². The fourth-order valence-electron chi connectivity index (χ4n) is 3.60. The Morgan fingerprint density at radius 2 is 1.93 bits per heavy atom. The Bertz CT molecular complexity index is 941. The fourth-order valence-corrected chi connectivity index (χ4v) is 4.46. The van der Waals surface area contributed by atoms with Gasteiger partial charge in [0.1, 0.15) is 0 Å². The molecule has 1 saturated heterocycles. The number of benzene rings is 2. The monoisotopic (exact) mass is 392 g/mol. The zero-order valence-corrected chi connectivity index (χ0v) is 16.5. The molecular weight excluding hydrogens is 368 g/mol. The highest BCUT2D eigenvalue weighted by atomic mass is 32.1. The van der Waals surface area contributed by atoms with Crippen LogP contribution in [0.25, 0.3) is 16.8 Å². The molecule has 0 aliphatic carbocycles. The zero-order chi connectivity index (χ0) is 19.2. The Hall–Kier alpha value is -2.47. The van der Waals surface area contributed by atoms with Gasteiger partial charge in [-0.3, -0.25) is 9.69 Å². The minimum absolute atomic E-state index is 0.0669. The van der Waals surface area contributed by atoms with E-state index in [1.807, 2.05) is 30.3 Å². The Kier molecular flexibility index (Phi) is 6.17. The van der Waals surface area contributed by atoms with Gasteiger partial charge in [0.2, 0.25) is 5.91 Å². The Morgan fingerprint density at radius 1 is 1.11 bits per heavy atom. The van der Waals surface area contributed by atoms with Gasteiger partial charge in [0, 0.05) is 30.6 Å². The summed E-state index contributed by atoms with van der Waals surface area (Å²) < 4.78 is 5.48. The third kappa shape index (κ3) is 4.50. The van der Waals surface area contributed by atoms with E-state index in [1.54, 1.807) is 17.4 Å². The van der Waals surface area contributed by atoms with Crippen molar-refractivity contribution in [3.05, 3.63) is 76.5 Å². The maximum absolute atomic E-state index is 12.5. The molecule has 0 bridgehead atoms. The Morgan fingerprint density at radius 3 is 2.75 bits per heavy atom. The maximum atomic E-state index is 12.5. The molecule has 28 heavy (non-hydrogen) atoms. The van der Waals surface area contributed by atoms with Crippen LogP contribution in [0, 0.1) is 0 Å². The molecule has 2 aromatic carbocycles. The normalized spacial score (nSPS) is 16.4. The molecular formula is C23H24N2O2S. The van der Waals surface area contributed by atoms with Crippen LogP contribution in [0.5, 0.6) is 0 Å². The van der Waals surface area contributed by atoms with E-state index in [4.69, 9.17) is 4.74 Å². The summed E-state index contributed by atoms with van der Waals surface area (Å²) in [6.07, 6.45) is 3.53. The van der Waals surface area contributed by atoms with E-state index in [-0.39, 0.29) is 11.9 Å². The van der Waals surface area contributed by atoms with Crippen LogP contribution in [0.1, 0.15) is 16.5 Å². The van der Waals surface area contributed by atoms with Crippen LogP contribution in [-0.4, -0.2) is 43.7 Å². The molecule has 1 aliphatic heterocycles. The van der Waals surface area contributed by atoms with Crippen LogP contribution in [0.4, 0.5) is 0 Å². The molecule has 1 atom stereocenters. The topological polar surface area (TPSA) is 41.6 Å². The van der Waals surface area contributed by atoms with Crippen molar-refractivity contribution in [3.63, 3.8) is 0 Å². The van der Waals surface area contributed by atoms with Crippen molar-refractivity contribution in [2.24, 2.45) is 0 Å². The summed E-state index contributed by atoms with van der Waals surface area (Å²) in [5.41, 5.74) is 1.05. The van der Waals surface area contributed by atoms with Gasteiger partial charge in [0.15, 0.2) is 0 Å². The first-order chi connectivity index (χ1) is 13.8. The number of nitrogens with one attached hydrogen (secondary N) is 1. The summed E-state index contributed by atoms with van der Waals surface area (Å²) in [5.74, 6) is -0.0669. The molecule has 1 amide bonds. The minimum atomic E-state index is -0.0669. The van der Waals surface area contributed by atoms with Crippen molar-refractivity contribution in [2.75, 3.05) is 32.8 Å². The van der Waals surface area contributed by atoms with Gasteiger partial charge in [0.25, 0.3) is 0 Å². The van der Waals surface area contributed by atoms with Gasteiger partial charge in [0.05, 0.1) is 19.3 Å². The van der Waals surface area contributed by atoms with Crippen LogP contribution >= 0.6 is 11.3 Å². The van der Waals surface area contributed by atoms with E-state index < -0.39 is 0 Å². The summed E-state index contributed by atoms with van der Waals surface area (Å²) in [7, 11) is 0. The van der Waals surface area contributed by atoms with E-state index in [1.165, 1.54) is 10.3 Å². The number of hydrogen-bond acceptors (Lipinski definition) is 4. The third-order valence-electron chi connectivity index (χ3n) is 5.07. The van der Waals surface area contributed by atoms with Crippen LogP contribution in [-0.2, 0) is 9.53 Å². The van der Waals surface area contributed by atoms with Crippen LogP contribution in [0.2, 0.25) is 0 Å². The third-order valence-corrected chi connectivity index (χ3v) is 6.04. The molecule has 0 spiro atoms. The first-order valence-corrected chi connectivity index (χ1v) is 10.5. The van der Waals surface area contributed by atoms with E-state index in [9.17, 15) is 4.79 Å². The lowest BCUT2D eigenvalue weighted by atomic mass is 10.0. The fraction of sp³-hybridized carbons (Fsp3) is 0.261. The van der Waals surface area contributed by atoms with Gasteiger partial charge >= 0.3 is 0 Å². The lowest BCUT2D eigenvalue weighted by Crippen LogP contribution is -2.43. The molecule has 0 unspecified atom stereocenters. The number of thiophene rings is 1. The number of amides is 1. The van der Waals surface area contributed by atoms with Crippen molar-refractivity contribution in [1.82, 2.24) is 10.2 Å². The smallest absolute Gasteiger partial charge is 0.244 e. The van der Waals surface area contributed by atoms with Gasteiger partial charge < -0.3 is 10.1 Å². The molecule has 4 rings (SSSR count). The molecule has 5 heteroatoms. The first kappa shape index (κ1) is 18.9. The number of morpholine rings is 1. The first-order valence-electron chi connectivity index (χ1n) is 9.60. The van der Waals surface area contributed by atoms with Gasteiger partial charge in [-0.2, -0.15) is 0 Å². The molecule has 144 valence electrons. The number of ether oxygens (including phenoxy) is 1. The minimum Gasteiger partial charge on any atom is -0.379 e. The van der Waals surface area contributed by atoms with Crippen LogP contribution in [0.3, 0.4) is 0 Å². The van der Waals surface area contributed by atoms with Crippen molar-refractivity contribution in [2.45, 2.75) is 6.04 Å². The van der Waals surface area contributed by atoms with Crippen LogP contribution < -0.4 is 5.32 Å². The van der Waals surface area contributed by atoms with Crippen LogP contribution in [0.15, 0.2) is 66.1 Å². The quantitative estimate of drug-likeness (QED) is 0.642. The van der Waals surface area contributed by atoms with Crippen molar-refractivity contribution in [1.29, 1.82) is 0 Å². The summed E-state index contributed by atoms with van der Waals surface area (Å²) in [6, 6.07) is 18.8.